The zero-order chi connectivity index (χ0) is 23.1. The third-order valence-corrected chi connectivity index (χ3v) is 4.95. The number of amidine groups is 1. The van der Waals surface area contributed by atoms with Crippen molar-refractivity contribution >= 4 is 28.9 Å². The molecule has 168 valence electrons. The molecule has 8 nitrogen and oxygen atoms in total. The van der Waals surface area contributed by atoms with E-state index in [1.54, 1.807) is 6.92 Å². The fraction of sp³-hybridized carbons (Fsp3) is 0.364. The topological polar surface area (TPSA) is 121 Å². The van der Waals surface area contributed by atoms with Crippen molar-refractivity contribution in [3.05, 3.63) is 53.3 Å². The van der Waals surface area contributed by atoms with Crippen LogP contribution in [0.1, 0.15) is 37.8 Å². The molecule has 2 aromatic rings. The average molecular weight is 430 g/mol. The number of nitrogens with two attached hydrogens (primary N) is 2. The zero-order valence-corrected chi connectivity index (χ0v) is 18.7. The first-order valence-electron chi connectivity index (χ1n) is 10.1. The molecule has 1 atom stereocenters. The van der Waals surface area contributed by atoms with E-state index in [1.807, 2.05) is 32.2 Å². The molecule has 0 aliphatic heterocycles. The number of amides is 2. The number of anilines is 3. The number of aryl methyl sites for hydroxylation is 1. The van der Waals surface area contributed by atoms with Gasteiger partial charge in [0, 0.05) is 25.2 Å². The highest BCUT2D eigenvalue weighted by molar-refractivity contribution is 6.02. The molecule has 0 bridgehead atoms. The Bertz CT molecular complexity index is 945. The Labute approximate surface area is 182 Å². The lowest BCUT2D eigenvalue weighted by molar-refractivity contribution is 0.262. The number of urea groups is 1. The molecule has 0 fully saturated rings. The summed E-state index contributed by atoms with van der Waals surface area (Å²) >= 11 is 0. The molecule has 0 heterocycles. The van der Waals surface area contributed by atoms with Crippen LogP contribution in [0.15, 0.2) is 41.5 Å². The molecular formula is C22H32FN7O. The number of rotatable bonds is 7. The van der Waals surface area contributed by atoms with E-state index in [1.165, 1.54) is 18.2 Å². The van der Waals surface area contributed by atoms with Gasteiger partial charge in [-0.1, -0.05) is 26.8 Å². The quantitative estimate of drug-likeness (QED) is 0.199. The van der Waals surface area contributed by atoms with Crippen LogP contribution in [0.25, 0.3) is 0 Å². The number of hydrogen-bond acceptors (Lipinski definition) is 5. The Kier molecular flexibility index (Phi) is 8.21. The van der Waals surface area contributed by atoms with Crippen LogP contribution < -0.4 is 32.6 Å². The number of halogens is 1. The number of hydrazone groups is 1. The normalized spacial score (nSPS) is 12.5. The van der Waals surface area contributed by atoms with Gasteiger partial charge >= 0.3 is 6.03 Å². The Morgan fingerprint density at radius 3 is 2.39 bits per heavy atom. The molecule has 0 aliphatic rings. The summed E-state index contributed by atoms with van der Waals surface area (Å²) < 4.78 is 13.4. The highest BCUT2D eigenvalue weighted by atomic mass is 19.1. The van der Waals surface area contributed by atoms with Gasteiger partial charge in [0.2, 0.25) is 0 Å². The van der Waals surface area contributed by atoms with Crippen molar-refractivity contribution in [2.45, 2.75) is 33.6 Å². The predicted molar refractivity (Wildman–Crippen MR) is 126 cm³/mol. The van der Waals surface area contributed by atoms with Gasteiger partial charge in [-0.3, -0.25) is 0 Å². The summed E-state index contributed by atoms with van der Waals surface area (Å²) in [6.07, 6.45) is 0. The van der Waals surface area contributed by atoms with Crippen molar-refractivity contribution in [2.24, 2.45) is 22.7 Å². The fourth-order valence-electron chi connectivity index (χ4n) is 3.38. The molecule has 9 heteroatoms. The number of nitrogens with zero attached hydrogens (tertiary/aromatic N) is 2. The van der Waals surface area contributed by atoms with E-state index in [-0.39, 0.29) is 11.7 Å². The van der Waals surface area contributed by atoms with E-state index in [0.717, 1.165) is 17.8 Å². The van der Waals surface area contributed by atoms with Gasteiger partial charge in [0.25, 0.3) is 0 Å². The molecule has 7 N–H and O–H groups in total. The minimum atomic E-state index is -0.427. The van der Waals surface area contributed by atoms with Crippen molar-refractivity contribution < 1.29 is 9.18 Å². The van der Waals surface area contributed by atoms with E-state index in [0.29, 0.717) is 28.7 Å². The van der Waals surface area contributed by atoms with Crippen LogP contribution >= 0.6 is 0 Å². The van der Waals surface area contributed by atoms with Gasteiger partial charge in [-0.25, -0.2) is 15.0 Å². The maximum atomic E-state index is 13.4. The van der Waals surface area contributed by atoms with E-state index < -0.39 is 6.03 Å². The smallest absolute Gasteiger partial charge is 0.323 e. The van der Waals surface area contributed by atoms with Crippen LogP contribution in [0, 0.1) is 18.7 Å². The molecule has 0 aromatic heterocycles. The Hall–Kier alpha value is -3.33. The minimum Gasteiger partial charge on any atom is -0.373 e. The second kappa shape index (κ2) is 10.6. The van der Waals surface area contributed by atoms with Crippen LogP contribution in [0.2, 0.25) is 0 Å². The van der Waals surface area contributed by atoms with Crippen LogP contribution in [0.5, 0.6) is 0 Å². The average Bonchev–Trinajstić information content (AvgIpc) is 2.70. The van der Waals surface area contributed by atoms with E-state index in [4.69, 9.17) is 11.7 Å². The van der Waals surface area contributed by atoms with Gasteiger partial charge < -0.3 is 26.8 Å². The maximum absolute atomic E-state index is 13.4. The largest absolute Gasteiger partial charge is 0.373 e. The Morgan fingerprint density at radius 2 is 1.81 bits per heavy atom. The molecular weight excluding hydrogens is 397 g/mol. The monoisotopic (exact) mass is 429 g/mol. The zero-order valence-electron chi connectivity index (χ0n) is 18.7. The SMILES string of the molecule is Cc1cc(F)ccc1NC(=O)Nc1cc(C(C)/C(=N/N)NN)ccc1N(C)CC(C)C. The third kappa shape index (κ3) is 6.32. The first-order chi connectivity index (χ1) is 14.7. The molecule has 31 heavy (non-hydrogen) atoms. The van der Waals surface area contributed by atoms with E-state index in [2.05, 4.69) is 39.9 Å². The lowest BCUT2D eigenvalue weighted by atomic mass is 9.98. The van der Waals surface area contributed by atoms with E-state index >= 15 is 0 Å². The third-order valence-electron chi connectivity index (χ3n) is 4.95. The summed E-state index contributed by atoms with van der Waals surface area (Å²) in [7, 11) is 1.97. The minimum absolute atomic E-state index is 0.206. The van der Waals surface area contributed by atoms with Gasteiger partial charge in [-0.05, 0) is 54.3 Å². The molecule has 0 spiro atoms. The summed E-state index contributed by atoms with van der Waals surface area (Å²) in [6, 6.07) is 9.54. The summed E-state index contributed by atoms with van der Waals surface area (Å²) in [5, 5.41) is 9.38. The standard InChI is InChI=1S/C22H32FN7O/c1-13(2)12-30(5)20-9-6-16(15(4)21(28-24)29-25)11-19(20)27-22(31)26-18-8-7-17(23)10-14(18)3/h6-11,13,15H,12,24-25H2,1-5H3,(H,28,29)(H2,26,27,31). The van der Waals surface area contributed by atoms with Crippen molar-refractivity contribution in [2.75, 3.05) is 29.1 Å². The van der Waals surface area contributed by atoms with Crippen molar-refractivity contribution in [1.82, 2.24) is 5.43 Å². The van der Waals surface area contributed by atoms with Crippen LogP contribution in [0.4, 0.5) is 26.2 Å². The van der Waals surface area contributed by atoms with Gasteiger partial charge in [0.05, 0.1) is 11.4 Å². The van der Waals surface area contributed by atoms with Crippen molar-refractivity contribution in [1.29, 1.82) is 0 Å². The number of carbonyl (C=O) groups is 1. The molecule has 1 unspecified atom stereocenters. The van der Waals surface area contributed by atoms with Crippen LogP contribution in [0.3, 0.4) is 0 Å². The number of carbonyl (C=O) groups excluding carboxylic acids is 1. The van der Waals surface area contributed by atoms with Crippen LogP contribution in [-0.4, -0.2) is 25.5 Å². The summed E-state index contributed by atoms with van der Waals surface area (Å²) in [4.78, 5) is 14.8. The molecule has 2 amide bonds. The summed E-state index contributed by atoms with van der Waals surface area (Å²) in [5.41, 5.74) is 6.03. The van der Waals surface area contributed by atoms with Crippen molar-refractivity contribution in [3.63, 3.8) is 0 Å². The second-order valence-corrected chi connectivity index (χ2v) is 7.97. The number of nitrogens with one attached hydrogen (secondary N) is 3. The highest BCUT2D eigenvalue weighted by Gasteiger charge is 2.18. The van der Waals surface area contributed by atoms with E-state index in [9.17, 15) is 9.18 Å². The molecule has 2 rings (SSSR count). The lowest BCUT2D eigenvalue weighted by Crippen LogP contribution is -2.35. The lowest BCUT2D eigenvalue weighted by Gasteiger charge is -2.26. The first-order valence-corrected chi connectivity index (χ1v) is 10.1. The molecule has 0 saturated carbocycles. The second-order valence-electron chi connectivity index (χ2n) is 7.97. The fourth-order valence-corrected chi connectivity index (χ4v) is 3.38. The number of benzene rings is 2. The Morgan fingerprint density at radius 1 is 1.13 bits per heavy atom. The van der Waals surface area contributed by atoms with Gasteiger partial charge in [0.15, 0.2) is 0 Å². The summed E-state index contributed by atoms with van der Waals surface area (Å²) in [6.45, 7) is 8.70. The number of hydrazine groups is 1. The number of hydrogen-bond donors (Lipinski definition) is 5. The van der Waals surface area contributed by atoms with Gasteiger partial charge in [0.1, 0.15) is 11.7 Å². The molecule has 0 saturated heterocycles. The van der Waals surface area contributed by atoms with Crippen molar-refractivity contribution in [3.8, 4) is 0 Å². The predicted octanol–water partition coefficient (Wildman–Crippen LogP) is 3.71. The molecule has 0 aliphatic carbocycles. The van der Waals surface area contributed by atoms with Gasteiger partial charge in [-0.2, -0.15) is 5.10 Å². The van der Waals surface area contributed by atoms with Gasteiger partial charge in [-0.15, -0.1) is 0 Å². The highest BCUT2D eigenvalue weighted by Crippen LogP contribution is 2.30. The summed E-state index contributed by atoms with van der Waals surface area (Å²) in [5.74, 6) is 11.2. The maximum Gasteiger partial charge on any atom is 0.323 e. The van der Waals surface area contributed by atoms with Crippen LogP contribution in [-0.2, 0) is 0 Å². The molecule has 0 radical (unpaired) electrons. The molecule has 2 aromatic carbocycles. The first kappa shape index (κ1) is 23.9. The Balaban J connectivity index is 2.35.